The minimum absolute atomic E-state index is 0.0363. The molecule has 1 N–H and O–H groups in total. The number of pyridine rings is 1. The number of nitrogens with one attached hydrogen (secondary N) is 1. The Morgan fingerprint density at radius 2 is 2.00 bits per heavy atom. The molecule has 18 heavy (non-hydrogen) atoms. The maximum atomic E-state index is 11.9. The third kappa shape index (κ3) is 3.17. The number of hydrogen-bond donors (Lipinski definition) is 1. The van der Waals surface area contributed by atoms with Crippen LogP contribution in [0.5, 0.6) is 0 Å². The van der Waals surface area contributed by atoms with Gasteiger partial charge in [0.25, 0.3) is 5.91 Å². The lowest BCUT2D eigenvalue weighted by Crippen LogP contribution is -2.26. The molecule has 0 fully saturated rings. The van der Waals surface area contributed by atoms with E-state index in [1.807, 2.05) is 25.1 Å². The summed E-state index contributed by atoms with van der Waals surface area (Å²) in [6.45, 7) is 2.53. The molecule has 1 aromatic heterocycles. The van der Waals surface area contributed by atoms with Crippen molar-refractivity contribution < 1.29 is 4.79 Å². The maximum Gasteiger partial charge on any atom is 0.251 e. The van der Waals surface area contributed by atoms with Crippen molar-refractivity contribution in [2.24, 2.45) is 0 Å². The highest BCUT2D eigenvalue weighted by atomic mass is 16.1. The largest absolute Gasteiger partial charge is 0.352 e. The third-order valence-corrected chi connectivity index (χ3v) is 2.81. The Morgan fingerprint density at radius 3 is 2.72 bits per heavy atom. The van der Waals surface area contributed by atoms with E-state index in [-0.39, 0.29) is 5.91 Å². The van der Waals surface area contributed by atoms with E-state index < -0.39 is 0 Å². The highest BCUT2D eigenvalue weighted by Gasteiger charge is 2.07. The zero-order chi connectivity index (χ0) is 12.8. The molecule has 0 aliphatic carbocycles. The molecule has 0 aliphatic rings. The van der Waals surface area contributed by atoms with E-state index in [4.69, 9.17) is 0 Å². The molecule has 0 aliphatic heterocycles. The van der Waals surface area contributed by atoms with E-state index in [2.05, 4.69) is 22.4 Å². The third-order valence-electron chi connectivity index (χ3n) is 2.81. The molecule has 0 saturated carbocycles. The van der Waals surface area contributed by atoms with Gasteiger partial charge in [-0.2, -0.15) is 0 Å². The van der Waals surface area contributed by atoms with Crippen LogP contribution in [0.25, 0.3) is 0 Å². The topological polar surface area (TPSA) is 42.0 Å². The Morgan fingerprint density at radius 1 is 1.22 bits per heavy atom. The summed E-state index contributed by atoms with van der Waals surface area (Å²) in [6, 6.07) is 11.9. The van der Waals surface area contributed by atoms with Crippen molar-refractivity contribution in [1.82, 2.24) is 10.3 Å². The Bertz CT molecular complexity index is 523. The van der Waals surface area contributed by atoms with Crippen LogP contribution in [0.1, 0.15) is 21.5 Å². The Labute approximate surface area is 107 Å². The predicted molar refractivity (Wildman–Crippen MR) is 71.5 cm³/mol. The lowest BCUT2D eigenvalue weighted by Gasteiger charge is -2.07. The van der Waals surface area contributed by atoms with E-state index >= 15 is 0 Å². The Hall–Kier alpha value is -2.16. The molecule has 0 atom stereocenters. The van der Waals surface area contributed by atoms with Crippen molar-refractivity contribution in [2.45, 2.75) is 13.3 Å². The molecule has 3 nitrogen and oxygen atoms in total. The quantitative estimate of drug-likeness (QED) is 0.891. The zero-order valence-corrected chi connectivity index (χ0v) is 10.4. The van der Waals surface area contributed by atoms with E-state index in [9.17, 15) is 4.79 Å². The monoisotopic (exact) mass is 240 g/mol. The van der Waals surface area contributed by atoms with Crippen LogP contribution in [0.3, 0.4) is 0 Å². The highest BCUT2D eigenvalue weighted by Crippen LogP contribution is 2.04. The van der Waals surface area contributed by atoms with Gasteiger partial charge in [-0.3, -0.25) is 9.78 Å². The molecule has 0 saturated heterocycles. The van der Waals surface area contributed by atoms with Crippen LogP contribution in [0.15, 0.2) is 48.8 Å². The molecule has 1 heterocycles. The number of hydrogen-bond acceptors (Lipinski definition) is 2. The first-order valence-electron chi connectivity index (χ1n) is 6.00. The van der Waals surface area contributed by atoms with Crippen molar-refractivity contribution in [3.05, 3.63) is 65.5 Å². The number of aromatic nitrogens is 1. The minimum atomic E-state index is -0.0363. The number of nitrogens with zero attached hydrogens (tertiary/aromatic N) is 1. The Balaban J connectivity index is 1.88. The fourth-order valence-electron chi connectivity index (χ4n) is 1.79. The summed E-state index contributed by atoms with van der Waals surface area (Å²) in [7, 11) is 0. The van der Waals surface area contributed by atoms with Gasteiger partial charge in [-0.25, -0.2) is 0 Å². The molecule has 2 rings (SSSR count). The lowest BCUT2D eigenvalue weighted by molar-refractivity contribution is 0.0953. The van der Waals surface area contributed by atoms with Crippen LogP contribution >= 0.6 is 0 Å². The van der Waals surface area contributed by atoms with Crippen molar-refractivity contribution >= 4 is 5.91 Å². The van der Waals surface area contributed by atoms with Gasteiger partial charge in [-0.1, -0.05) is 30.3 Å². The average Bonchev–Trinajstić information content (AvgIpc) is 2.40. The number of benzene rings is 1. The molecule has 1 aromatic carbocycles. The number of rotatable bonds is 4. The number of amides is 1. The normalized spacial score (nSPS) is 10.1. The molecular weight excluding hydrogens is 224 g/mol. The van der Waals surface area contributed by atoms with Crippen LogP contribution in [0, 0.1) is 6.92 Å². The average molecular weight is 240 g/mol. The number of carbonyl (C=O) groups is 1. The summed E-state index contributed by atoms with van der Waals surface area (Å²) in [6.07, 6.45) is 4.18. The Kier molecular flexibility index (Phi) is 4.07. The lowest BCUT2D eigenvalue weighted by atomic mass is 10.1. The van der Waals surface area contributed by atoms with Crippen molar-refractivity contribution in [3.63, 3.8) is 0 Å². The summed E-state index contributed by atoms with van der Waals surface area (Å²) < 4.78 is 0. The smallest absolute Gasteiger partial charge is 0.251 e. The molecule has 0 spiro atoms. The van der Waals surface area contributed by atoms with Gasteiger partial charge in [0.05, 0.1) is 0 Å². The van der Waals surface area contributed by atoms with Crippen LogP contribution in [0.4, 0.5) is 0 Å². The van der Waals surface area contributed by atoms with Gasteiger partial charge in [0.2, 0.25) is 0 Å². The maximum absolute atomic E-state index is 11.9. The van der Waals surface area contributed by atoms with E-state index in [1.165, 1.54) is 5.56 Å². The molecule has 1 amide bonds. The molecular formula is C15H16N2O. The standard InChI is InChI=1S/C15H16N2O/c1-12-11-16-9-8-14(12)15(18)17-10-7-13-5-3-2-4-6-13/h2-6,8-9,11H,7,10H2,1H3,(H,17,18). The molecule has 92 valence electrons. The van der Waals surface area contributed by atoms with Gasteiger partial charge in [0.1, 0.15) is 0 Å². The molecule has 2 aromatic rings. The highest BCUT2D eigenvalue weighted by molar-refractivity contribution is 5.95. The van der Waals surface area contributed by atoms with E-state index in [0.29, 0.717) is 12.1 Å². The van der Waals surface area contributed by atoms with Crippen molar-refractivity contribution in [3.8, 4) is 0 Å². The van der Waals surface area contributed by atoms with Gasteiger partial charge < -0.3 is 5.32 Å². The van der Waals surface area contributed by atoms with Crippen molar-refractivity contribution in [1.29, 1.82) is 0 Å². The summed E-state index contributed by atoms with van der Waals surface area (Å²) in [5, 5.41) is 2.92. The summed E-state index contributed by atoms with van der Waals surface area (Å²) >= 11 is 0. The second-order valence-electron chi connectivity index (χ2n) is 4.18. The number of aryl methyl sites for hydroxylation is 1. The van der Waals surface area contributed by atoms with Crippen LogP contribution in [-0.2, 0) is 6.42 Å². The number of carbonyl (C=O) groups excluding carboxylic acids is 1. The fourth-order valence-corrected chi connectivity index (χ4v) is 1.79. The summed E-state index contributed by atoms with van der Waals surface area (Å²) in [5.74, 6) is -0.0363. The molecule has 3 heteroatoms. The first-order valence-corrected chi connectivity index (χ1v) is 6.00. The second-order valence-corrected chi connectivity index (χ2v) is 4.18. The first-order chi connectivity index (χ1) is 8.77. The van der Waals surface area contributed by atoms with E-state index in [1.54, 1.807) is 18.5 Å². The fraction of sp³-hybridized carbons (Fsp3) is 0.200. The van der Waals surface area contributed by atoms with Crippen LogP contribution in [-0.4, -0.2) is 17.4 Å². The second kappa shape index (κ2) is 5.96. The van der Waals surface area contributed by atoms with Gasteiger partial charge >= 0.3 is 0 Å². The molecule has 0 radical (unpaired) electrons. The van der Waals surface area contributed by atoms with E-state index in [0.717, 1.165) is 12.0 Å². The van der Waals surface area contributed by atoms with Gasteiger partial charge in [0, 0.05) is 24.5 Å². The first kappa shape index (κ1) is 12.3. The van der Waals surface area contributed by atoms with Gasteiger partial charge in [-0.05, 0) is 30.5 Å². The molecule has 0 bridgehead atoms. The van der Waals surface area contributed by atoms with Crippen LogP contribution < -0.4 is 5.32 Å². The van der Waals surface area contributed by atoms with Gasteiger partial charge in [0.15, 0.2) is 0 Å². The predicted octanol–water partition coefficient (Wildman–Crippen LogP) is 2.36. The van der Waals surface area contributed by atoms with Gasteiger partial charge in [-0.15, -0.1) is 0 Å². The summed E-state index contributed by atoms with van der Waals surface area (Å²) in [5.41, 5.74) is 2.82. The zero-order valence-electron chi connectivity index (χ0n) is 10.4. The minimum Gasteiger partial charge on any atom is -0.352 e. The van der Waals surface area contributed by atoms with Crippen LogP contribution in [0.2, 0.25) is 0 Å². The summed E-state index contributed by atoms with van der Waals surface area (Å²) in [4.78, 5) is 15.9. The van der Waals surface area contributed by atoms with Crippen molar-refractivity contribution in [2.75, 3.05) is 6.54 Å². The molecule has 0 unspecified atom stereocenters. The SMILES string of the molecule is Cc1cnccc1C(=O)NCCc1ccccc1.